The minimum atomic E-state index is -5.01. The van der Waals surface area contributed by atoms with E-state index in [9.17, 15) is 39.8 Å². The van der Waals surface area contributed by atoms with Crippen molar-refractivity contribution in [1.29, 1.82) is 0 Å². The third-order valence-corrected chi connectivity index (χ3v) is 9.20. The van der Waals surface area contributed by atoms with Crippen molar-refractivity contribution in [2.24, 2.45) is 0 Å². The van der Waals surface area contributed by atoms with E-state index in [0.717, 1.165) is 57.8 Å². The van der Waals surface area contributed by atoms with Crippen LogP contribution in [0.5, 0.6) is 0 Å². The van der Waals surface area contributed by atoms with E-state index >= 15 is 0 Å². The first-order valence-corrected chi connectivity index (χ1v) is 20.0. The van der Waals surface area contributed by atoms with Gasteiger partial charge in [0.15, 0.2) is 0 Å². The lowest BCUT2D eigenvalue weighted by atomic mass is 9.85. The standard InChI is InChI=1S/C37H65O12P/c1-3-5-7-9-11-13-14-15-16-17-18-19-20-22-24-26-31(38)48-30(28-46-27-25-23-21-12-10-8-6-4-2)29-47-50(44,45)49-37-35(42)33(40)32(39)34(41)36(37)43/h5,7,11,13,15-16,18-19,30,32-37,39-43H,3-4,6,8-10,12,14,17,20-29H2,1-2H3,(H,44,45)/b7-5-,13-11-,16-15-,19-18-. The Hall–Kier alpha value is -1.70. The second-order valence-corrected chi connectivity index (χ2v) is 14.1. The molecule has 6 unspecified atom stereocenters. The summed E-state index contributed by atoms with van der Waals surface area (Å²) in [6, 6.07) is 0. The first kappa shape index (κ1) is 46.3. The number of esters is 1. The van der Waals surface area contributed by atoms with Crippen LogP contribution in [0, 0.1) is 0 Å². The normalized spacial score (nSPS) is 24.9. The van der Waals surface area contributed by atoms with Crippen molar-refractivity contribution in [3.63, 3.8) is 0 Å². The Labute approximate surface area is 299 Å². The van der Waals surface area contributed by atoms with Gasteiger partial charge in [-0.25, -0.2) is 4.57 Å². The van der Waals surface area contributed by atoms with Gasteiger partial charge in [-0.1, -0.05) is 107 Å². The highest BCUT2D eigenvalue weighted by Crippen LogP contribution is 2.47. The summed E-state index contributed by atoms with van der Waals surface area (Å²) < 4.78 is 33.8. The topological polar surface area (TPSA) is 192 Å². The molecule has 1 aliphatic carbocycles. The van der Waals surface area contributed by atoms with Crippen molar-refractivity contribution in [3.8, 4) is 0 Å². The Bertz CT molecular complexity index is 1020. The van der Waals surface area contributed by atoms with Crippen LogP contribution < -0.4 is 0 Å². The first-order chi connectivity index (χ1) is 24.0. The molecule has 13 heteroatoms. The molecular weight excluding hydrogens is 667 g/mol. The fourth-order valence-electron chi connectivity index (χ4n) is 5.23. The van der Waals surface area contributed by atoms with E-state index in [1.807, 2.05) is 0 Å². The Morgan fingerprint density at radius 1 is 0.660 bits per heavy atom. The third kappa shape index (κ3) is 21.6. The van der Waals surface area contributed by atoms with Crippen LogP contribution in [0.3, 0.4) is 0 Å². The predicted molar refractivity (Wildman–Crippen MR) is 193 cm³/mol. The molecule has 0 heterocycles. The molecule has 12 nitrogen and oxygen atoms in total. The smallest absolute Gasteiger partial charge is 0.457 e. The van der Waals surface area contributed by atoms with Crippen LogP contribution in [0.1, 0.15) is 117 Å². The Morgan fingerprint density at radius 2 is 1.18 bits per heavy atom. The van der Waals surface area contributed by atoms with Crippen molar-refractivity contribution < 1.29 is 58.3 Å². The van der Waals surface area contributed by atoms with E-state index in [1.54, 1.807) is 0 Å². The molecule has 0 aliphatic heterocycles. The first-order valence-electron chi connectivity index (χ1n) is 18.5. The molecule has 50 heavy (non-hydrogen) atoms. The monoisotopic (exact) mass is 732 g/mol. The van der Waals surface area contributed by atoms with Crippen molar-refractivity contribution >= 4 is 13.8 Å². The van der Waals surface area contributed by atoms with Crippen LogP contribution >= 0.6 is 7.82 Å². The molecule has 0 saturated heterocycles. The molecule has 1 rings (SSSR count). The number of carbonyl (C=O) groups is 1. The zero-order valence-corrected chi connectivity index (χ0v) is 31.1. The van der Waals surface area contributed by atoms with Crippen LogP contribution in [-0.2, 0) is 27.9 Å². The lowest BCUT2D eigenvalue weighted by molar-refractivity contribution is -0.220. The van der Waals surface area contributed by atoms with Gasteiger partial charge in [0.2, 0.25) is 0 Å². The summed E-state index contributed by atoms with van der Waals surface area (Å²) >= 11 is 0. The van der Waals surface area contributed by atoms with Crippen LogP contribution in [-0.4, -0.2) is 98.9 Å². The summed E-state index contributed by atoms with van der Waals surface area (Å²) in [5.41, 5.74) is 0. The SMILES string of the molecule is CC/C=C\C/C=C\C/C=C\C/C=C\CCCCC(=O)OC(COCCCCCCCCCC)COP(=O)(O)OC1C(O)C(O)C(O)C(O)C1O. The predicted octanol–water partition coefficient (Wildman–Crippen LogP) is 5.74. The molecule has 0 bridgehead atoms. The summed E-state index contributed by atoms with van der Waals surface area (Å²) in [7, 11) is -5.01. The second-order valence-electron chi connectivity index (χ2n) is 12.7. The quantitative estimate of drug-likeness (QED) is 0.0237. The van der Waals surface area contributed by atoms with E-state index in [0.29, 0.717) is 13.0 Å². The molecule has 0 radical (unpaired) electrons. The number of unbranched alkanes of at least 4 members (excludes halogenated alkanes) is 9. The molecule has 290 valence electrons. The van der Waals surface area contributed by atoms with E-state index in [2.05, 4.69) is 62.5 Å². The van der Waals surface area contributed by atoms with Crippen LogP contribution in [0.15, 0.2) is 48.6 Å². The van der Waals surface area contributed by atoms with Crippen LogP contribution in [0.25, 0.3) is 0 Å². The summed E-state index contributed by atoms with van der Waals surface area (Å²) in [6.07, 6.45) is 19.3. The van der Waals surface area contributed by atoms with Gasteiger partial charge >= 0.3 is 13.8 Å². The minimum Gasteiger partial charge on any atom is -0.457 e. The molecule has 1 saturated carbocycles. The maximum atomic E-state index is 12.7. The number of hydrogen-bond donors (Lipinski definition) is 6. The average molecular weight is 733 g/mol. The number of allylic oxidation sites excluding steroid dienone is 8. The molecule has 0 aromatic heterocycles. The molecule has 6 atom stereocenters. The Balaban J connectivity index is 2.52. The molecule has 0 amide bonds. The van der Waals surface area contributed by atoms with Crippen molar-refractivity contribution in [1.82, 2.24) is 0 Å². The van der Waals surface area contributed by atoms with Gasteiger partial charge in [0, 0.05) is 13.0 Å². The van der Waals surface area contributed by atoms with E-state index in [-0.39, 0.29) is 13.0 Å². The molecule has 1 aliphatic rings. The van der Waals surface area contributed by atoms with E-state index in [1.165, 1.54) is 32.1 Å². The van der Waals surface area contributed by atoms with Gasteiger partial charge in [-0.15, -0.1) is 0 Å². The number of carbonyl (C=O) groups excluding carboxylic acids is 1. The highest BCUT2D eigenvalue weighted by atomic mass is 31.2. The molecule has 0 spiro atoms. The lowest BCUT2D eigenvalue weighted by Crippen LogP contribution is -2.64. The minimum absolute atomic E-state index is 0.0948. The van der Waals surface area contributed by atoms with Gasteiger partial charge in [-0.2, -0.15) is 0 Å². The second kappa shape index (κ2) is 28.8. The van der Waals surface area contributed by atoms with Gasteiger partial charge in [0.25, 0.3) is 0 Å². The third-order valence-electron chi connectivity index (χ3n) is 8.22. The highest BCUT2D eigenvalue weighted by molar-refractivity contribution is 7.47. The summed E-state index contributed by atoms with van der Waals surface area (Å²) in [6.45, 7) is 4.02. The fourth-order valence-corrected chi connectivity index (χ4v) is 6.20. The van der Waals surface area contributed by atoms with Crippen molar-refractivity contribution in [2.45, 2.75) is 159 Å². The Kier molecular flexibility index (Phi) is 26.7. The number of rotatable bonds is 29. The maximum Gasteiger partial charge on any atom is 0.472 e. The number of aliphatic hydroxyl groups is 5. The van der Waals surface area contributed by atoms with Gasteiger partial charge in [-0.3, -0.25) is 13.8 Å². The molecule has 0 aromatic carbocycles. The molecular formula is C37H65O12P. The fraction of sp³-hybridized carbons (Fsp3) is 0.757. The molecule has 0 aromatic rings. The highest BCUT2D eigenvalue weighted by Gasteiger charge is 2.51. The number of phosphoric ester groups is 1. The van der Waals surface area contributed by atoms with E-state index in [4.69, 9.17) is 18.5 Å². The Morgan fingerprint density at radius 3 is 1.76 bits per heavy atom. The zero-order chi connectivity index (χ0) is 37.0. The number of ether oxygens (including phenoxy) is 2. The van der Waals surface area contributed by atoms with Gasteiger partial charge in [0.1, 0.15) is 42.7 Å². The van der Waals surface area contributed by atoms with Gasteiger partial charge < -0.3 is 39.9 Å². The van der Waals surface area contributed by atoms with Crippen LogP contribution in [0.4, 0.5) is 0 Å². The van der Waals surface area contributed by atoms with Gasteiger partial charge in [-0.05, 0) is 51.4 Å². The van der Waals surface area contributed by atoms with E-state index < -0.39 is 63.1 Å². The summed E-state index contributed by atoms with van der Waals surface area (Å²) in [4.78, 5) is 22.9. The summed E-state index contributed by atoms with van der Waals surface area (Å²) in [5, 5.41) is 49.8. The van der Waals surface area contributed by atoms with Crippen LogP contribution in [0.2, 0.25) is 0 Å². The maximum absolute atomic E-state index is 12.7. The van der Waals surface area contributed by atoms with Gasteiger partial charge in [0.05, 0.1) is 13.2 Å². The largest absolute Gasteiger partial charge is 0.472 e. The number of hydrogen-bond acceptors (Lipinski definition) is 11. The molecule has 1 fully saturated rings. The number of phosphoric acid groups is 1. The average Bonchev–Trinajstić information content (AvgIpc) is 3.09. The van der Waals surface area contributed by atoms with Crippen molar-refractivity contribution in [2.75, 3.05) is 19.8 Å². The van der Waals surface area contributed by atoms with Crippen molar-refractivity contribution in [3.05, 3.63) is 48.6 Å². The summed E-state index contributed by atoms with van der Waals surface area (Å²) in [5.74, 6) is -0.522. The number of aliphatic hydroxyl groups excluding tert-OH is 5. The lowest BCUT2D eigenvalue weighted by Gasteiger charge is -2.41. The molecule has 6 N–H and O–H groups in total. The zero-order valence-electron chi connectivity index (χ0n) is 30.2.